The predicted octanol–water partition coefficient (Wildman–Crippen LogP) is 2.91. The molecule has 1 amide bonds. The van der Waals surface area contributed by atoms with Crippen LogP contribution in [-0.4, -0.2) is 19.0 Å². The number of benzene rings is 1. The van der Waals surface area contributed by atoms with Gasteiger partial charge in [0.15, 0.2) is 0 Å². The lowest BCUT2D eigenvalue weighted by Gasteiger charge is -2.05. The van der Waals surface area contributed by atoms with Crippen LogP contribution >= 0.6 is 11.6 Å². The van der Waals surface area contributed by atoms with Crippen LogP contribution in [0.5, 0.6) is 0 Å². The molecule has 0 aliphatic heterocycles. The number of halogens is 2. The molecule has 0 saturated carbocycles. The van der Waals surface area contributed by atoms with Crippen molar-refractivity contribution in [1.29, 1.82) is 0 Å². The molecule has 7 heteroatoms. The molecule has 0 fully saturated rings. The van der Waals surface area contributed by atoms with Crippen molar-refractivity contribution in [3.8, 4) is 0 Å². The van der Waals surface area contributed by atoms with E-state index >= 15 is 0 Å². The van der Waals surface area contributed by atoms with Gasteiger partial charge in [-0.2, -0.15) is 0 Å². The van der Waals surface area contributed by atoms with E-state index in [0.29, 0.717) is 19.5 Å². The lowest BCUT2D eigenvalue weighted by atomic mass is 10.2. The monoisotopic (exact) mass is 256 g/mol. The van der Waals surface area contributed by atoms with E-state index < -0.39 is 5.82 Å². The zero-order valence-electron chi connectivity index (χ0n) is 8.86. The molecule has 0 radical (unpaired) electrons. The summed E-state index contributed by atoms with van der Waals surface area (Å²) in [4.78, 5) is 14.2. The second kappa shape index (κ2) is 6.73. The first kappa shape index (κ1) is 13.3. The molecule has 1 aromatic rings. The molecular weight excluding hydrogens is 247 g/mol. The maximum atomic E-state index is 12.7. The van der Waals surface area contributed by atoms with Crippen LogP contribution in [0.15, 0.2) is 23.3 Å². The third kappa shape index (κ3) is 4.30. The van der Waals surface area contributed by atoms with Crippen LogP contribution in [-0.2, 0) is 0 Å². The molecule has 0 saturated heterocycles. The number of nitrogens with one attached hydrogen (secondary N) is 1. The van der Waals surface area contributed by atoms with Gasteiger partial charge >= 0.3 is 0 Å². The molecule has 0 atom stereocenters. The highest BCUT2D eigenvalue weighted by molar-refractivity contribution is 6.33. The number of hydrogen-bond donors (Lipinski definition) is 1. The molecule has 0 bridgehead atoms. The third-order valence-corrected chi connectivity index (χ3v) is 2.27. The Kier molecular flexibility index (Phi) is 5.26. The van der Waals surface area contributed by atoms with Gasteiger partial charge in [-0.25, -0.2) is 4.39 Å². The Labute approximate surface area is 102 Å². The van der Waals surface area contributed by atoms with Crippen LogP contribution in [0.3, 0.4) is 0 Å². The summed E-state index contributed by atoms with van der Waals surface area (Å²) in [5.41, 5.74) is 8.25. The van der Waals surface area contributed by atoms with Crippen molar-refractivity contribution in [1.82, 2.24) is 5.32 Å². The summed E-state index contributed by atoms with van der Waals surface area (Å²) in [5, 5.41) is 5.98. The molecule has 0 aliphatic rings. The molecule has 1 rings (SSSR count). The largest absolute Gasteiger partial charge is 0.352 e. The van der Waals surface area contributed by atoms with Gasteiger partial charge in [-0.3, -0.25) is 4.79 Å². The Balaban J connectivity index is 2.49. The summed E-state index contributed by atoms with van der Waals surface area (Å²) < 4.78 is 12.7. The Morgan fingerprint density at radius 2 is 2.35 bits per heavy atom. The lowest BCUT2D eigenvalue weighted by molar-refractivity contribution is 0.0953. The van der Waals surface area contributed by atoms with Gasteiger partial charge in [-0.05, 0) is 30.2 Å². The van der Waals surface area contributed by atoms with Crippen LogP contribution in [0.25, 0.3) is 10.4 Å². The van der Waals surface area contributed by atoms with Gasteiger partial charge in [0.1, 0.15) is 5.82 Å². The molecule has 0 aromatic heterocycles. The first-order valence-corrected chi connectivity index (χ1v) is 5.27. The first-order chi connectivity index (χ1) is 8.15. The van der Waals surface area contributed by atoms with Crippen LogP contribution in [0, 0.1) is 5.82 Å². The van der Waals surface area contributed by atoms with E-state index in [9.17, 15) is 9.18 Å². The number of amides is 1. The van der Waals surface area contributed by atoms with Gasteiger partial charge in [0.25, 0.3) is 5.91 Å². The average Bonchev–Trinajstić information content (AvgIpc) is 2.28. The summed E-state index contributed by atoms with van der Waals surface area (Å²) in [7, 11) is 0. The van der Waals surface area contributed by atoms with Crippen molar-refractivity contribution in [2.45, 2.75) is 6.42 Å². The fraction of sp³-hybridized carbons (Fsp3) is 0.300. The molecule has 0 spiro atoms. The molecule has 0 heterocycles. The lowest BCUT2D eigenvalue weighted by Crippen LogP contribution is -2.25. The molecule has 1 aromatic carbocycles. The van der Waals surface area contributed by atoms with Gasteiger partial charge in [-0.1, -0.05) is 16.7 Å². The van der Waals surface area contributed by atoms with Crippen molar-refractivity contribution in [2.75, 3.05) is 13.1 Å². The van der Waals surface area contributed by atoms with E-state index in [-0.39, 0.29) is 16.5 Å². The van der Waals surface area contributed by atoms with E-state index in [1.54, 1.807) is 0 Å². The second-order valence-corrected chi connectivity index (χ2v) is 3.60. The zero-order valence-corrected chi connectivity index (χ0v) is 9.62. The molecule has 0 unspecified atom stereocenters. The van der Waals surface area contributed by atoms with Gasteiger partial charge in [0.05, 0.1) is 10.6 Å². The Bertz CT molecular complexity index is 460. The number of azide groups is 1. The Hall–Kier alpha value is -1.78. The summed E-state index contributed by atoms with van der Waals surface area (Å²) in [6.45, 7) is 0.680. The molecule has 1 N–H and O–H groups in total. The predicted molar refractivity (Wildman–Crippen MR) is 62.4 cm³/mol. The average molecular weight is 257 g/mol. The van der Waals surface area contributed by atoms with Crippen LogP contribution in [0.1, 0.15) is 16.8 Å². The van der Waals surface area contributed by atoms with Crippen molar-refractivity contribution in [2.24, 2.45) is 5.11 Å². The Morgan fingerprint density at radius 1 is 1.59 bits per heavy atom. The minimum Gasteiger partial charge on any atom is -0.352 e. The highest BCUT2D eigenvalue weighted by Crippen LogP contribution is 2.16. The van der Waals surface area contributed by atoms with Crippen molar-refractivity contribution >= 4 is 17.5 Å². The van der Waals surface area contributed by atoms with E-state index in [1.165, 1.54) is 12.1 Å². The van der Waals surface area contributed by atoms with E-state index in [1.807, 2.05) is 0 Å². The molecule has 17 heavy (non-hydrogen) atoms. The molecule has 90 valence electrons. The SMILES string of the molecule is [N-]=[N+]=NCCCNC(=O)c1ccc(F)cc1Cl. The smallest absolute Gasteiger partial charge is 0.252 e. The van der Waals surface area contributed by atoms with Crippen molar-refractivity contribution < 1.29 is 9.18 Å². The van der Waals surface area contributed by atoms with Crippen LogP contribution < -0.4 is 5.32 Å². The normalized spacial score (nSPS) is 9.53. The minimum absolute atomic E-state index is 0.0672. The standard InChI is InChI=1S/C10H10ClFN4O/c11-9-6-7(12)2-3-8(9)10(17)14-4-1-5-15-16-13/h2-3,6H,1,4-5H2,(H,14,17). The highest BCUT2D eigenvalue weighted by Gasteiger charge is 2.09. The fourth-order valence-corrected chi connectivity index (χ4v) is 1.42. The summed E-state index contributed by atoms with van der Waals surface area (Å²) in [5.74, 6) is -0.870. The summed E-state index contributed by atoms with van der Waals surface area (Å²) in [6, 6.07) is 3.57. The van der Waals surface area contributed by atoms with E-state index in [0.717, 1.165) is 6.07 Å². The number of rotatable bonds is 5. The quantitative estimate of drug-likeness (QED) is 0.374. The molecular formula is C10H10ClFN4O. The van der Waals surface area contributed by atoms with Crippen LogP contribution in [0.2, 0.25) is 5.02 Å². The topological polar surface area (TPSA) is 77.9 Å². The maximum absolute atomic E-state index is 12.7. The Morgan fingerprint density at radius 3 is 3.00 bits per heavy atom. The van der Waals surface area contributed by atoms with Crippen LogP contribution in [0.4, 0.5) is 4.39 Å². The van der Waals surface area contributed by atoms with E-state index in [4.69, 9.17) is 17.1 Å². The number of hydrogen-bond acceptors (Lipinski definition) is 2. The maximum Gasteiger partial charge on any atom is 0.252 e. The highest BCUT2D eigenvalue weighted by atomic mass is 35.5. The third-order valence-electron chi connectivity index (χ3n) is 1.96. The first-order valence-electron chi connectivity index (χ1n) is 4.89. The van der Waals surface area contributed by atoms with Crippen molar-refractivity contribution in [3.63, 3.8) is 0 Å². The number of carbonyl (C=O) groups excluding carboxylic acids is 1. The van der Waals surface area contributed by atoms with Gasteiger partial charge < -0.3 is 5.32 Å². The number of nitrogens with zero attached hydrogens (tertiary/aromatic N) is 3. The molecule has 5 nitrogen and oxygen atoms in total. The van der Waals surface area contributed by atoms with Gasteiger partial charge in [0, 0.05) is 18.0 Å². The van der Waals surface area contributed by atoms with Gasteiger partial charge in [0.2, 0.25) is 0 Å². The molecule has 0 aliphatic carbocycles. The second-order valence-electron chi connectivity index (χ2n) is 3.19. The number of carbonyl (C=O) groups is 1. The minimum atomic E-state index is -0.491. The summed E-state index contributed by atoms with van der Waals surface area (Å²) >= 11 is 5.72. The van der Waals surface area contributed by atoms with E-state index in [2.05, 4.69) is 15.3 Å². The fourth-order valence-electron chi connectivity index (χ4n) is 1.17. The summed E-state index contributed by atoms with van der Waals surface area (Å²) in [6.07, 6.45) is 0.536. The van der Waals surface area contributed by atoms with Gasteiger partial charge in [-0.15, -0.1) is 0 Å². The van der Waals surface area contributed by atoms with Crippen molar-refractivity contribution in [3.05, 3.63) is 45.0 Å². The zero-order chi connectivity index (χ0) is 12.7.